The first kappa shape index (κ1) is 18.0. The van der Waals surface area contributed by atoms with Crippen molar-refractivity contribution in [3.05, 3.63) is 0 Å². The molecular formula is C16H31N3O2. The fraction of sp³-hybridized carbons (Fsp3) is 0.875. The minimum Gasteiger partial charge on any atom is -0.352 e. The summed E-state index contributed by atoms with van der Waals surface area (Å²) in [6, 6.07) is 0.121. The first-order valence-corrected chi connectivity index (χ1v) is 8.31. The SMILES string of the molecule is CCCC(CCN)CCC(=O)N1CCCC(NC(C)=O)C1. The number of likely N-dealkylation sites (tertiary alicyclic amines) is 1. The highest BCUT2D eigenvalue weighted by atomic mass is 16.2. The van der Waals surface area contributed by atoms with Crippen LogP contribution in [0.4, 0.5) is 0 Å². The number of carbonyl (C=O) groups is 2. The lowest BCUT2D eigenvalue weighted by atomic mass is 9.94. The molecule has 1 aliphatic rings. The van der Waals surface area contributed by atoms with Gasteiger partial charge in [0.05, 0.1) is 0 Å². The van der Waals surface area contributed by atoms with E-state index >= 15 is 0 Å². The molecule has 0 spiro atoms. The number of nitrogens with zero attached hydrogens (tertiary/aromatic N) is 1. The molecule has 0 aromatic rings. The summed E-state index contributed by atoms with van der Waals surface area (Å²) in [4.78, 5) is 25.4. The zero-order valence-corrected chi connectivity index (χ0v) is 13.6. The van der Waals surface area contributed by atoms with Gasteiger partial charge in [-0.25, -0.2) is 0 Å². The fourth-order valence-electron chi connectivity index (χ4n) is 3.17. The van der Waals surface area contributed by atoms with Crippen LogP contribution >= 0.6 is 0 Å². The Labute approximate surface area is 128 Å². The second kappa shape index (κ2) is 9.77. The zero-order chi connectivity index (χ0) is 15.7. The van der Waals surface area contributed by atoms with Gasteiger partial charge in [0.15, 0.2) is 0 Å². The summed E-state index contributed by atoms with van der Waals surface area (Å²) in [7, 11) is 0. The van der Waals surface area contributed by atoms with Crippen LogP contribution in [0, 0.1) is 5.92 Å². The molecule has 122 valence electrons. The second-order valence-electron chi connectivity index (χ2n) is 6.15. The first-order valence-electron chi connectivity index (χ1n) is 8.31. The van der Waals surface area contributed by atoms with Gasteiger partial charge in [0.2, 0.25) is 11.8 Å². The van der Waals surface area contributed by atoms with Crippen LogP contribution < -0.4 is 11.1 Å². The van der Waals surface area contributed by atoms with Crippen LogP contribution in [0.25, 0.3) is 0 Å². The number of hydrogen-bond acceptors (Lipinski definition) is 3. The number of rotatable bonds is 8. The van der Waals surface area contributed by atoms with Gasteiger partial charge in [0, 0.05) is 32.5 Å². The van der Waals surface area contributed by atoms with E-state index in [1.165, 1.54) is 6.92 Å². The summed E-state index contributed by atoms with van der Waals surface area (Å²) >= 11 is 0. The molecule has 5 heteroatoms. The summed E-state index contributed by atoms with van der Waals surface area (Å²) in [6.45, 7) is 5.89. The van der Waals surface area contributed by atoms with Crippen LogP contribution in [0.5, 0.6) is 0 Å². The lowest BCUT2D eigenvalue weighted by molar-refractivity contribution is -0.133. The van der Waals surface area contributed by atoms with Gasteiger partial charge < -0.3 is 16.0 Å². The third kappa shape index (κ3) is 6.93. The molecule has 3 N–H and O–H groups in total. The van der Waals surface area contributed by atoms with Crippen molar-refractivity contribution in [3.63, 3.8) is 0 Å². The molecule has 0 bridgehead atoms. The third-order valence-electron chi connectivity index (χ3n) is 4.22. The van der Waals surface area contributed by atoms with Crippen molar-refractivity contribution in [1.29, 1.82) is 0 Å². The van der Waals surface area contributed by atoms with Crippen LogP contribution in [0.2, 0.25) is 0 Å². The molecule has 5 nitrogen and oxygen atoms in total. The fourth-order valence-corrected chi connectivity index (χ4v) is 3.17. The molecule has 1 rings (SSSR count). The predicted molar refractivity (Wildman–Crippen MR) is 84.7 cm³/mol. The van der Waals surface area contributed by atoms with Crippen molar-refractivity contribution in [2.45, 2.75) is 64.8 Å². The van der Waals surface area contributed by atoms with E-state index in [0.29, 0.717) is 25.4 Å². The molecule has 2 atom stereocenters. The molecule has 1 heterocycles. The highest BCUT2D eigenvalue weighted by Crippen LogP contribution is 2.19. The van der Waals surface area contributed by atoms with Crippen molar-refractivity contribution >= 4 is 11.8 Å². The molecule has 2 amide bonds. The van der Waals surface area contributed by atoms with E-state index < -0.39 is 0 Å². The van der Waals surface area contributed by atoms with E-state index in [1.54, 1.807) is 0 Å². The quantitative estimate of drug-likeness (QED) is 0.715. The molecule has 0 saturated carbocycles. The Kier molecular flexibility index (Phi) is 8.35. The van der Waals surface area contributed by atoms with Crippen molar-refractivity contribution in [2.24, 2.45) is 11.7 Å². The highest BCUT2D eigenvalue weighted by molar-refractivity contribution is 5.77. The second-order valence-corrected chi connectivity index (χ2v) is 6.15. The van der Waals surface area contributed by atoms with E-state index in [-0.39, 0.29) is 17.9 Å². The Morgan fingerprint density at radius 3 is 2.71 bits per heavy atom. The van der Waals surface area contributed by atoms with Gasteiger partial charge in [0.25, 0.3) is 0 Å². The molecule has 0 aliphatic carbocycles. The molecule has 2 unspecified atom stereocenters. The zero-order valence-electron chi connectivity index (χ0n) is 13.6. The average Bonchev–Trinajstić information content (AvgIpc) is 2.44. The predicted octanol–water partition coefficient (Wildman–Crippen LogP) is 1.66. The lowest BCUT2D eigenvalue weighted by Gasteiger charge is -2.33. The van der Waals surface area contributed by atoms with Crippen molar-refractivity contribution in [2.75, 3.05) is 19.6 Å². The largest absolute Gasteiger partial charge is 0.352 e. The van der Waals surface area contributed by atoms with Crippen molar-refractivity contribution in [3.8, 4) is 0 Å². The summed E-state index contributed by atoms with van der Waals surface area (Å²) in [6.07, 6.45) is 6.79. The number of hydrogen-bond donors (Lipinski definition) is 2. The van der Waals surface area contributed by atoms with Crippen LogP contribution in [0.15, 0.2) is 0 Å². The van der Waals surface area contributed by atoms with Crippen molar-refractivity contribution in [1.82, 2.24) is 10.2 Å². The Hall–Kier alpha value is -1.10. The molecule has 21 heavy (non-hydrogen) atoms. The Bertz CT molecular complexity index is 327. The minimum atomic E-state index is -0.0137. The summed E-state index contributed by atoms with van der Waals surface area (Å²) in [5.74, 6) is 0.781. The number of piperidine rings is 1. The van der Waals surface area contributed by atoms with Gasteiger partial charge in [-0.05, 0) is 38.1 Å². The highest BCUT2D eigenvalue weighted by Gasteiger charge is 2.24. The number of amides is 2. The molecule has 1 saturated heterocycles. The van der Waals surface area contributed by atoms with Gasteiger partial charge in [-0.15, -0.1) is 0 Å². The Morgan fingerprint density at radius 1 is 1.33 bits per heavy atom. The molecule has 1 aliphatic heterocycles. The van der Waals surface area contributed by atoms with Crippen LogP contribution in [-0.2, 0) is 9.59 Å². The van der Waals surface area contributed by atoms with Crippen LogP contribution in [0.3, 0.4) is 0 Å². The van der Waals surface area contributed by atoms with Gasteiger partial charge >= 0.3 is 0 Å². The van der Waals surface area contributed by atoms with Gasteiger partial charge in [-0.2, -0.15) is 0 Å². The topological polar surface area (TPSA) is 75.4 Å². The summed E-state index contributed by atoms with van der Waals surface area (Å²) in [5, 5.41) is 2.92. The average molecular weight is 297 g/mol. The minimum absolute atomic E-state index is 0.0137. The number of carbonyl (C=O) groups excluding carboxylic acids is 2. The van der Waals surface area contributed by atoms with Crippen LogP contribution in [0.1, 0.15) is 58.8 Å². The monoisotopic (exact) mass is 297 g/mol. The van der Waals surface area contributed by atoms with Gasteiger partial charge in [-0.1, -0.05) is 19.8 Å². The van der Waals surface area contributed by atoms with Gasteiger partial charge in [-0.3, -0.25) is 9.59 Å². The summed E-state index contributed by atoms with van der Waals surface area (Å²) < 4.78 is 0. The standard InChI is InChI=1S/C16H31N3O2/c1-3-5-14(9-10-17)7-8-16(21)19-11-4-6-15(12-19)18-13(2)20/h14-15H,3-12,17H2,1-2H3,(H,18,20). The van der Waals surface area contributed by atoms with E-state index in [2.05, 4.69) is 12.2 Å². The molecule has 1 fully saturated rings. The summed E-state index contributed by atoms with van der Waals surface area (Å²) in [5.41, 5.74) is 5.64. The Balaban J connectivity index is 2.37. The van der Waals surface area contributed by atoms with E-state index in [4.69, 9.17) is 5.73 Å². The Morgan fingerprint density at radius 2 is 2.10 bits per heavy atom. The van der Waals surface area contributed by atoms with E-state index in [0.717, 1.165) is 45.1 Å². The maximum atomic E-state index is 12.3. The third-order valence-corrected chi connectivity index (χ3v) is 4.22. The molecular weight excluding hydrogens is 266 g/mol. The van der Waals surface area contributed by atoms with E-state index in [9.17, 15) is 9.59 Å². The maximum absolute atomic E-state index is 12.3. The first-order chi connectivity index (χ1) is 10.1. The molecule has 0 aromatic carbocycles. The number of nitrogens with one attached hydrogen (secondary N) is 1. The smallest absolute Gasteiger partial charge is 0.222 e. The van der Waals surface area contributed by atoms with Gasteiger partial charge in [0.1, 0.15) is 0 Å². The molecule has 0 aromatic heterocycles. The van der Waals surface area contributed by atoms with E-state index in [1.807, 2.05) is 4.90 Å². The number of nitrogens with two attached hydrogens (primary N) is 1. The maximum Gasteiger partial charge on any atom is 0.222 e. The van der Waals surface area contributed by atoms with Crippen LogP contribution in [-0.4, -0.2) is 42.4 Å². The van der Waals surface area contributed by atoms with Crippen molar-refractivity contribution < 1.29 is 9.59 Å². The molecule has 0 radical (unpaired) electrons. The lowest BCUT2D eigenvalue weighted by Crippen LogP contribution is -2.49. The normalized spacial score (nSPS) is 20.1.